The van der Waals surface area contributed by atoms with E-state index in [9.17, 15) is 9.59 Å². The minimum atomic E-state index is -0.0738. The van der Waals surface area contributed by atoms with Gasteiger partial charge in [0.25, 0.3) is 5.91 Å². The molecule has 1 fully saturated rings. The van der Waals surface area contributed by atoms with Gasteiger partial charge in [0.2, 0.25) is 5.91 Å². The maximum Gasteiger partial charge on any atom is 0.251 e. The molecule has 3 aromatic rings. The fourth-order valence-corrected chi connectivity index (χ4v) is 5.60. The summed E-state index contributed by atoms with van der Waals surface area (Å²) in [5, 5.41) is 2.92. The van der Waals surface area contributed by atoms with Crippen LogP contribution in [0.2, 0.25) is 0 Å². The second-order valence-corrected chi connectivity index (χ2v) is 9.86. The van der Waals surface area contributed by atoms with Crippen LogP contribution < -0.4 is 5.32 Å². The van der Waals surface area contributed by atoms with Gasteiger partial charge in [-0.3, -0.25) is 9.59 Å². The molecule has 2 heterocycles. The molecule has 1 saturated heterocycles. The number of benzene rings is 2. The predicted molar refractivity (Wildman–Crippen MR) is 131 cm³/mol. The molecule has 32 heavy (non-hydrogen) atoms. The van der Waals surface area contributed by atoms with E-state index in [0.29, 0.717) is 24.4 Å². The number of amides is 2. The van der Waals surface area contributed by atoms with Crippen molar-refractivity contribution in [2.75, 3.05) is 18.1 Å². The van der Waals surface area contributed by atoms with Crippen molar-refractivity contribution < 1.29 is 14.0 Å². The van der Waals surface area contributed by atoms with Gasteiger partial charge in [0.1, 0.15) is 11.1 Å². The van der Waals surface area contributed by atoms with Crippen LogP contribution in [-0.2, 0) is 17.1 Å². The second-order valence-electron chi connectivity index (χ2n) is 7.68. The molecule has 2 aromatic carbocycles. The lowest BCUT2D eigenvalue weighted by Crippen LogP contribution is -2.28. The molecule has 2 amide bonds. The summed E-state index contributed by atoms with van der Waals surface area (Å²) in [6.45, 7) is 3.17. The standard InChI is InChI=1S/C25H26N2O3S2/c1-18-4-2-5-19(14-18)16-31-13-11-26-24(29)20-7-9-21(10-8-20)25-27(23(28)17-32-25)15-22-6-3-12-30-22/h2-10,12,14,25H,11,13,15-17H2,1H3,(H,26,29)/t25-/m0/s1. The number of thioether (sulfide) groups is 2. The summed E-state index contributed by atoms with van der Waals surface area (Å²) >= 11 is 3.41. The van der Waals surface area contributed by atoms with Crippen LogP contribution in [0.4, 0.5) is 0 Å². The monoisotopic (exact) mass is 466 g/mol. The normalized spacial score (nSPS) is 15.8. The van der Waals surface area contributed by atoms with Crippen molar-refractivity contribution in [3.05, 3.63) is 94.9 Å². The van der Waals surface area contributed by atoms with E-state index in [2.05, 4.69) is 36.5 Å². The molecule has 7 heteroatoms. The number of hydrogen-bond acceptors (Lipinski definition) is 5. The molecule has 1 aliphatic rings. The molecule has 166 valence electrons. The molecule has 0 radical (unpaired) electrons. The zero-order valence-corrected chi connectivity index (χ0v) is 19.6. The molecule has 4 rings (SSSR count). The van der Waals surface area contributed by atoms with Crippen molar-refractivity contribution in [1.82, 2.24) is 10.2 Å². The minimum Gasteiger partial charge on any atom is -0.467 e. The van der Waals surface area contributed by atoms with Crippen molar-refractivity contribution in [2.24, 2.45) is 0 Å². The van der Waals surface area contributed by atoms with Gasteiger partial charge in [-0.15, -0.1) is 11.8 Å². The lowest BCUT2D eigenvalue weighted by Gasteiger charge is -2.23. The van der Waals surface area contributed by atoms with Crippen LogP contribution in [0.15, 0.2) is 71.3 Å². The number of hydrogen-bond donors (Lipinski definition) is 1. The first-order chi connectivity index (χ1) is 15.6. The summed E-state index contributed by atoms with van der Waals surface area (Å²) < 4.78 is 5.41. The number of nitrogens with one attached hydrogen (secondary N) is 1. The van der Waals surface area contributed by atoms with E-state index in [0.717, 1.165) is 22.8 Å². The Hall–Kier alpha value is -2.64. The quantitative estimate of drug-likeness (QED) is 0.449. The first kappa shape index (κ1) is 22.6. The van der Waals surface area contributed by atoms with Gasteiger partial charge in [0.05, 0.1) is 18.6 Å². The minimum absolute atomic E-state index is 0.0669. The SMILES string of the molecule is Cc1cccc(CSCCNC(=O)c2ccc([C@@H]3SCC(=O)N3Cc3ccco3)cc2)c1. The van der Waals surface area contributed by atoms with Crippen molar-refractivity contribution in [3.8, 4) is 0 Å². The fourth-order valence-electron chi connectivity index (χ4n) is 3.60. The van der Waals surface area contributed by atoms with Gasteiger partial charge in [-0.2, -0.15) is 11.8 Å². The highest BCUT2D eigenvalue weighted by atomic mass is 32.2. The molecule has 0 saturated carbocycles. The average molecular weight is 467 g/mol. The smallest absolute Gasteiger partial charge is 0.251 e. The van der Waals surface area contributed by atoms with Gasteiger partial charge in [-0.1, -0.05) is 42.0 Å². The average Bonchev–Trinajstić information content (AvgIpc) is 3.44. The van der Waals surface area contributed by atoms with E-state index in [4.69, 9.17) is 4.42 Å². The zero-order chi connectivity index (χ0) is 22.3. The number of furan rings is 1. The van der Waals surface area contributed by atoms with Crippen molar-refractivity contribution in [1.29, 1.82) is 0 Å². The Balaban J connectivity index is 1.26. The Kier molecular flexibility index (Phi) is 7.60. The van der Waals surface area contributed by atoms with Gasteiger partial charge in [-0.25, -0.2) is 0 Å². The summed E-state index contributed by atoms with van der Waals surface area (Å²) in [6.07, 6.45) is 1.62. The maximum atomic E-state index is 12.5. The predicted octanol–water partition coefficient (Wildman–Crippen LogP) is 5.03. The van der Waals surface area contributed by atoms with Gasteiger partial charge in [0, 0.05) is 23.6 Å². The van der Waals surface area contributed by atoms with Crippen LogP contribution in [0.1, 0.15) is 38.2 Å². The molecule has 1 atom stereocenters. The molecule has 0 spiro atoms. The number of aryl methyl sites for hydroxylation is 1. The Bertz CT molecular complexity index is 1050. The first-order valence-electron chi connectivity index (χ1n) is 10.5. The van der Waals surface area contributed by atoms with E-state index in [1.54, 1.807) is 18.0 Å². The highest BCUT2D eigenvalue weighted by molar-refractivity contribution is 8.00. The summed E-state index contributed by atoms with van der Waals surface area (Å²) in [6, 6.07) is 19.7. The van der Waals surface area contributed by atoms with E-state index < -0.39 is 0 Å². The van der Waals surface area contributed by atoms with Gasteiger partial charge in [0.15, 0.2) is 0 Å². The largest absolute Gasteiger partial charge is 0.467 e. The Morgan fingerprint density at radius 2 is 2.03 bits per heavy atom. The molecule has 1 N–H and O–H groups in total. The van der Waals surface area contributed by atoms with E-state index >= 15 is 0 Å². The van der Waals surface area contributed by atoms with Crippen LogP contribution in [0.5, 0.6) is 0 Å². The fraction of sp³-hybridized carbons (Fsp3) is 0.280. The van der Waals surface area contributed by atoms with Crippen LogP contribution in [-0.4, -0.2) is 34.8 Å². The summed E-state index contributed by atoms with van der Waals surface area (Å²) in [4.78, 5) is 26.6. The highest BCUT2D eigenvalue weighted by Crippen LogP contribution is 2.39. The highest BCUT2D eigenvalue weighted by Gasteiger charge is 2.33. The van der Waals surface area contributed by atoms with Crippen molar-refractivity contribution >= 4 is 35.3 Å². The van der Waals surface area contributed by atoms with Crippen LogP contribution in [0, 0.1) is 6.92 Å². The van der Waals surface area contributed by atoms with Gasteiger partial charge < -0.3 is 14.6 Å². The van der Waals surface area contributed by atoms with E-state index in [1.165, 1.54) is 11.1 Å². The maximum absolute atomic E-state index is 12.5. The van der Waals surface area contributed by atoms with Crippen molar-refractivity contribution in [3.63, 3.8) is 0 Å². The number of rotatable bonds is 9. The Morgan fingerprint density at radius 3 is 2.78 bits per heavy atom. The van der Waals surface area contributed by atoms with E-state index in [-0.39, 0.29) is 17.2 Å². The lowest BCUT2D eigenvalue weighted by molar-refractivity contribution is -0.128. The van der Waals surface area contributed by atoms with Gasteiger partial charge in [-0.05, 0) is 42.3 Å². The molecule has 0 bridgehead atoms. The molecular weight excluding hydrogens is 440 g/mol. The summed E-state index contributed by atoms with van der Waals surface area (Å²) in [5.74, 6) is 3.05. The molecule has 1 aromatic heterocycles. The molecule has 5 nitrogen and oxygen atoms in total. The first-order valence-corrected chi connectivity index (χ1v) is 12.8. The molecule has 1 aliphatic heterocycles. The third-order valence-electron chi connectivity index (χ3n) is 5.22. The molecule has 0 unspecified atom stereocenters. The molecule has 0 aliphatic carbocycles. The summed E-state index contributed by atoms with van der Waals surface area (Å²) in [5.41, 5.74) is 4.22. The van der Waals surface area contributed by atoms with Crippen LogP contribution in [0.3, 0.4) is 0 Å². The van der Waals surface area contributed by atoms with Crippen LogP contribution in [0.25, 0.3) is 0 Å². The number of carbonyl (C=O) groups is 2. The number of nitrogens with zero attached hydrogens (tertiary/aromatic N) is 1. The third-order valence-corrected chi connectivity index (χ3v) is 7.50. The Labute approximate surface area is 196 Å². The van der Waals surface area contributed by atoms with Crippen LogP contribution >= 0.6 is 23.5 Å². The lowest BCUT2D eigenvalue weighted by atomic mass is 10.1. The third kappa shape index (κ3) is 5.78. The molecular formula is C25H26N2O3S2. The Morgan fingerprint density at radius 1 is 1.19 bits per heavy atom. The zero-order valence-electron chi connectivity index (χ0n) is 18.0. The second kappa shape index (κ2) is 10.8. The summed E-state index contributed by atoms with van der Waals surface area (Å²) in [7, 11) is 0. The van der Waals surface area contributed by atoms with E-state index in [1.807, 2.05) is 53.1 Å². The topological polar surface area (TPSA) is 62.6 Å². The number of carbonyl (C=O) groups excluding carboxylic acids is 2. The van der Waals surface area contributed by atoms with Gasteiger partial charge >= 0.3 is 0 Å². The van der Waals surface area contributed by atoms with Crippen molar-refractivity contribution in [2.45, 2.75) is 24.6 Å².